The van der Waals surface area contributed by atoms with Crippen molar-refractivity contribution in [2.45, 2.75) is 70.9 Å². The largest absolute Gasteiger partial charge is 0.0911 e. The van der Waals surface area contributed by atoms with E-state index in [0.717, 1.165) is 18.3 Å². The third-order valence-electron chi connectivity index (χ3n) is 5.71. The molecule has 0 aromatic heterocycles. The van der Waals surface area contributed by atoms with Gasteiger partial charge in [-0.2, -0.15) is 0 Å². The Hall–Kier alpha value is 0.130. The average Bonchev–Trinajstić information content (AvgIpc) is 2.30. The highest BCUT2D eigenvalue weighted by Crippen LogP contribution is 2.59. The van der Waals surface area contributed by atoms with Crippen molar-refractivity contribution >= 4 is 15.7 Å². The maximum Gasteiger partial charge on any atom is 0.0631 e. The molecule has 0 aliphatic heterocycles. The lowest BCUT2D eigenvalue weighted by Gasteiger charge is -2.56. The lowest BCUT2D eigenvalue weighted by molar-refractivity contribution is 0.0482. The van der Waals surface area contributed by atoms with Gasteiger partial charge in [-0.15, -0.1) is 0 Å². The molecule has 0 spiro atoms. The van der Waals surface area contributed by atoms with Gasteiger partial charge in [0.15, 0.2) is 0 Å². The molecule has 3 rings (SSSR count). The minimum Gasteiger partial charge on any atom is -0.0911 e. The van der Waals surface area contributed by atoms with Gasteiger partial charge < -0.3 is 0 Å². The minimum atomic E-state index is -0.479. The first-order chi connectivity index (χ1) is 7.88. The summed E-state index contributed by atoms with van der Waals surface area (Å²) in [7, 11) is 13.2. The minimum absolute atomic E-state index is 0.0594. The Labute approximate surface area is 110 Å². The molecule has 1 atom stereocenters. The van der Waals surface area contributed by atoms with Gasteiger partial charge in [0.2, 0.25) is 0 Å². The molecule has 1 unspecified atom stereocenters. The normalized spacial score (nSPS) is 33.9. The van der Waals surface area contributed by atoms with Gasteiger partial charge in [-0.1, -0.05) is 45.2 Å². The zero-order chi connectivity index (χ0) is 12.7. The molecular weight excluding hydrogens is 202 g/mol. The second kappa shape index (κ2) is 4.67. The van der Waals surface area contributed by atoms with Gasteiger partial charge in [-0.25, -0.2) is 0 Å². The van der Waals surface area contributed by atoms with Crippen molar-refractivity contribution in [3.63, 3.8) is 0 Å². The number of hydrogen-bond donors (Lipinski definition) is 0. The Morgan fingerprint density at radius 2 is 1.65 bits per heavy atom. The molecule has 4 radical (unpaired) electrons. The zero-order valence-corrected chi connectivity index (χ0v) is 11.8. The van der Waals surface area contributed by atoms with Crippen LogP contribution in [0.15, 0.2) is 0 Å². The fourth-order valence-corrected chi connectivity index (χ4v) is 4.31. The third kappa shape index (κ3) is 2.34. The standard InChI is InChI=1S/C15H26B2/c1-4-9-14(2,3)15(16,17)13-10-11-5-7-12(13)8-6-11/h11-13H,4-10H2,1-3H3. The van der Waals surface area contributed by atoms with E-state index in [4.69, 9.17) is 15.7 Å². The highest BCUT2D eigenvalue weighted by molar-refractivity contribution is 6.40. The van der Waals surface area contributed by atoms with Crippen LogP contribution in [0.5, 0.6) is 0 Å². The van der Waals surface area contributed by atoms with Crippen molar-refractivity contribution in [2.75, 3.05) is 0 Å². The van der Waals surface area contributed by atoms with E-state index in [9.17, 15) is 0 Å². The number of fused-ring (bicyclic) bond motifs is 3. The maximum absolute atomic E-state index is 6.62. The lowest BCUT2D eigenvalue weighted by Crippen LogP contribution is -2.46. The average molecular weight is 228 g/mol. The first kappa shape index (κ1) is 13.6. The van der Waals surface area contributed by atoms with Gasteiger partial charge in [0.05, 0.1) is 15.7 Å². The molecule has 3 aliphatic carbocycles. The molecule has 92 valence electrons. The predicted octanol–water partition coefficient (Wildman–Crippen LogP) is 4.09. The summed E-state index contributed by atoms with van der Waals surface area (Å²) >= 11 is 0. The zero-order valence-electron chi connectivity index (χ0n) is 11.8. The molecule has 3 saturated carbocycles. The van der Waals surface area contributed by atoms with Crippen LogP contribution in [-0.4, -0.2) is 15.7 Å². The number of hydrogen-bond acceptors (Lipinski definition) is 0. The molecule has 2 heteroatoms. The molecular formula is C15H26B2. The van der Waals surface area contributed by atoms with E-state index in [1.165, 1.54) is 38.5 Å². The van der Waals surface area contributed by atoms with E-state index in [1.54, 1.807) is 0 Å². The Morgan fingerprint density at radius 3 is 2.06 bits per heavy atom. The molecule has 0 N–H and O–H groups in total. The molecule has 0 saturated heterocycles. The summed E-state index contributed by atoms with van der Waals surface area (Å²) in [6.45, 7) is 6.75. The van der Waals surface area contributed by atoms with Crippen LogP contribution in [0, 0.1) is 23.2 Å². The molecule has 17 heavy (non-hydrogen) atoms. The van der Waals surface area contributed by atoms with E-state index >= 15 is 0 Å². The fraction of sp³-hybridized carbons (Fsp3) is 1.00. The second-order valence-electron chi connectivity index (χ2n) is 7.19. The van der Waals surface area contributed by atoms with Crippen LogP contribution in [0.25, 0.3) is 0 Å². The van der Waals surface area contributed by atoms with Crippen molar-refractivity contribution in [1.29, 1.82) is 0 Å². The predicted molar refractivity (Wildman–Crippen MR) is 76.4 cm³/mol. The smallest absolute Gasteiger partial charge is 0.0631 e. The van der Waals surface area contributed by atoms with E-state index < -0.39 is 5.21 Å². The molecule has 0 aromatic carbocycles. The van der Waals surface area contributed by atoms with E-state index in [-0.39, 0.29) is 5.41 Å². The Balaban J connectivity index is 2.14. The topological polar surface area (TPSA) is 0 Å². The van der Waals surface area contributed by atoms with Crippen LogP contribution >= 0.6 is 0 Å². The fourth-order valence-electron chi connectivity index (χ4n) is 4.31. The lowest BCUT2D eigenvalue weighted by atomic mass is 9.33. The van der Waals surface area contributed by atoms with Gasteiger partial charge >= 0.3 is 0 Å². The summed E-state index contributed by atoms with van der Waals surface area (Å²) in [5.41, 5.74) is 0.0594. The molecule has 3 fully saturated rings. The van der Waals surface area contributed by atoms with E-state index in [1.807, 2.05) is 0 Å². The highest BCUT2D eigenvalue weighted by atomic mass is 14.5. The third-order valence-corrected chi connectivity index (χ3v) is 5.71. The molecule has 0 nitrogen and oxygen atoms in total. The van der Waals surface area contributed by atoms with Crippen LogP contribution in [0.2, 0.25) is 5.21 Å². The van der Waals surface area contributed by atoms with Crippen LogP contribution < -0.4 is 0 Å². The molecule has 2 bridgehead atoms. The molecule has 3 aliphatic rings. The summed E-state index contributed by atoms with van der Waals surface area (Å²) in [6.07, 6.45) is 9.17. The van der Waals surface area contributed by atoms with Crippen molar-refractivity contribution in [3.05, 3.63) is 0 Å². The first-order valence-electron chi connectivity index (χ1n) is 7.46. The quantitative estimate of drug-likeness (QED) is 0.635. The van der Waals surface area contributed by atoms with Gasteiger partial charge in [-0.05, 0) is 48.9 Å². The SMILES string of the molecule is [B]C([B])(C1CC2CCC1CC2)C(C)(C)CCC. The monoisotopic (exact) mass is 228 g/mol. The van der Waals surface area contributed by atoms with Crippen LogP contribution in [0.1, 0.15) is 65.7 Å². The van der Waals surface area contributed by atoms with Gasteiger partial charge in [-0.3, -0.25) is 0 Å². The molecule has 0 amide bonds. The van der Waals surface area contributed by atoms with Crippen LogP contribution in [-0.2, 0) is 0 Å². The Morgan fingerprint density at radius 1 is 1.06 bits per heavy atom. The highest BCUT2D eigenvalue weighted by Gasteiger charge is 2.48. The van der Waals surface area contributed by atoms with Gasteiger partial charge in [0.1, 0.15) is 0 Å². The summed E-state index contributed by atoms with van der Waals surface area (Å²) in [5, 5.41) is -0.479. The molecule has 0 heterocycles. The van der Waals surface area contributed by atoms with E-state index in [0.29, 0.717) is 5.92 Å². The van der Waals surface area contributed by atoms with Crippen LogP contribution in [0.4, 0.5) is 0 Å². The summed E-state index contributed by atoms with van der Waals surface area (Å²) in [6, 6.07) is 0. The number of rotatable bonds is 4. The summed E-state index contributed by atoms with van der Waals surface area (Å²) in [5.74, 6) is 2.26. The van der Waals surface area contributed by atoms with Gasteiger partial charge in [0.25, 0.3) is 0 Å². The summed E-state index contributed by atoms with van der Waals surface area (Å²) < 4.78 is 0. The maximum atomic E-state index is 6.62. The van der Waals surface area contributed by atoms with Crippen molar-refractivity contribution in [2.24, 2.45) is 23.2 Å². The van der Waals surface area contributed by atoms with Crippen molar-refractivity contribution in [1.82, 2.24) is 0 Å². The Bertz CT molecular complexity index is 262. The molecule has 0 aromatic rings. The summed E-state index contributed by atoms with van der Waals surface area (Å²) in [4.78, 5) is 0. The van der Waals surface area contributed by atoms with Crippen molar-refractivity contribution in [3.8, 4) is 0 Å². The van der Waals surface area contributed by atoms with Gasteiger partial charge in [0, 0.05) is 0 Å². The van der Waals surface area contributed by atoms with Crippen molar-refractivity contribution < 1.29 is 0 Å². The second-order valence-corrected chi connectivity index (χ2v) is 7.19. The van der Waals surface area contributed by atoms with E-state index in [2.05, 4.69) is 20.8 Å². The van der Waals surface area contributed by atoms with Crippen LogP contribution in [0.3, 0.4) is 0 Å². The first-order valence-corrected chi connectivity index (χ1v) is 7.46. The Kier molecular flexibility index (Phi) is 3.72.